The Labute approximate surface area is 127 Å². The van der Waals surface area contributed by atoms with E-state index in [1.165, 1.54) is 38.5 Å². The zero-order valence-corrected chi connectivity index (χ0v) is 12.9. The monoisotopic (exact) mass is 289 g/mol. The number of Topliss-reactive ketones (excluding diaryl/α,β-unsaturated/α-hetero) is 1. The molecule has 0 aliphatic heterocycles. The molecule has 0 radical (unpaired) electrons. The van der Waals surface area contributed by atoms with E-state index < -0.39 is 5.54 Å². The van der Waals surface area contributed by atoms with Crippen molar-refractivity contribution in [1.82, 2.24) is 9.78 Å². The Morgan fingerprint density at radius 1 is 1.19 bits per heavy atom. The Kier molecular flexibility index (Phi) is 4.43. The highest BCUT2D eigenvalue weighted by Gasteiger charge is 2.35. The summed E-state index contributed by atoms with van der Waals surface area (Å²) < 4.78 is 2.08. The normalized spacial score (nSPS) is 23.1. The molecule has 2 aliphatic carbocycles. The van der Waals surface area contributed by atoms with E-state index in [0.29, 0.717) is 12.5 Å². The third-order valence-electron chi connectivity index (χ3n) is 5.26. The van der Waals surface area contributed by atoms with Gasteiger partial charge in [0.25, 0.3) is 0 Å². The Morgan fingerprint density at radius 3 is 2.57 bits per heavy atom. The van der Waals surface area contributed by atoms with Gasteiger partial charge >= 0.3 is 0 Å². The topological polar surface area (TPSA) is 60.9 Å². The molecule has 1 aromatic heterocycles. The Hall–Kier alpha value is -1.16. The van der Waals surface area contributed by atoms with Crippen molar-refractivity contribution >= 4 is 5.78 Å². The van der Waals surface area contributed by atoms with Crippen LogP contribution < -0.4 is 5.73 Å². The number of nitrogens with zero attached hydrogens (tertiary/aromatic N) is 2. The van der Waals surface area contributed by atoms with Crippen molar-refractivity contribution in [3.63, 3.8) is 0 Å². The number of carbonyl (C=O) groups excluding carboxylic acids is 1. The van der Waals surface area contributed by atoms with E-state index in [4.69, 9.17) is 5.73 Å². The average molecular weight is 289 g/mol. The SMILES string of the molecule is NC1(C(=O)Cc2ccn(C3CCCCC3)n2)CCCCC1. The lowest BCUT2D eigenvalue weighted by atomic mass is 9.78. The molecule has 2 saturated carbocycles. The molecule has 0 saturated heterocycles. The van der Waals surface area contributed by atoms with Crippen molar-refractivity contribution < 1.29 is 4.79 Å². The fourth-order valence-corrected chi connectivity index (χ4v) is 3.82. The van der Waals surface area contributed by atoms with Gasteiger partial charge in [0.1, 0.15) is 0 Å². The standard InChI is InChI=1S/C17H27N3O/c18-17(10-5-2-6-11-17)16(21)13-14-9-12-20(19-14)15-7-3-1-4-8-15/h9,12,15H,1-8,10-11,13,18H2. The van der Waals surface area contributed by atoms with Crippen molar-refractivity contribution in [2.75, 3.05) is 0 Å². The molecule has 0 aromatic carbocycles. The van der Waals surface area contributed by atoms with Gasteiger partial charge in [0.05, 0.1) is 23.7 Å². The van der Waals surface area contributed by atoms with Crippen molar-refractivity contribution in [2.24, 2.45) is 5.73 Å². The summed E-state index contributed by atoms with van der Waals surface area (Å²) in [5, 5.41) is 4.64. The predicted molar refractivity (Wildman–Crippen MR) is 83.1 cm³/mol. The molecule has 21 heavy (non-hydrogen) atoms. The highest BCUT2D eigenvalue weighted by molar-refractivity contribution is 5.89. The number of nitrogens with two attached hydrogens (primary N) is 1. The fourth-order valence-electron chi connectivity index (χ4n) is 3.82. The van der Waals surface area contributed by atoms with Crippen LogP contribution in [0, 0.1) is 0 Å². The Bertz CT molecular complexity index is 482. The Morgan fingerprint density at radius 2 is 1.86 bits per heavy atom. The molecule has 116 valence electrons. The van der Waals surface area contributed by atoms with Crippen LogP contribution in [0.25, 0.3) is 0 Å². The summed E-state index contributed by atoms with van der Waals surface area (Å²) in [5.74, 6) is 0.177. The molecule has 0 atom stereocenters. The van der Waals surface area contributed by atoms with E-state index in [1.54, 1.807) is 0 Å². The molecule has 2 N–H and O–H groups in total. The van der Waals surface area contributed by atoms with Crippen LogP contribution in [-0.4, -0.2) is 21.1 Å². The maximum Gasteiger partial charge on any atom is 0.158 e. The number of carbonyl (C=O) groups is 1. The van der Waals surface area contributed by atoms with Crippen LogP contribution in [0.3, 0.4) is 0 Å². The summed E-state index contributed by atoms with van der Waals surface area (Å²) in [5.41, 5.74) is 6.62. The second-order valence-electron chi connectivity index (χ2n) is 6.90. The number of hydrogen-bond acceptors (Lipinski definition) is 3. The van der Waals surface area contributed by atoms with E-state index >= 15 is 0 Å². The summed E-state index contributed by atoms with van der Waals surface area (Å²) in [6.45, 7) is 0. The van der Waals surface area contributed by atoms with Gasteiger partial charge in [0, 0.05) is 6.20 Å². The first-order chi connectivity index (χ1) is 10.2. The lowest BCUT2D eigenvalue weighted by Crippen LogP contribution is -2.50. The van der Waals surface area contributed by atoms with Gasteiger partial charge in [0.2, 0.25) is 0 Å². The average Bonchev–Trinajstić information content (AvgIpc) is 2.97. The smallest absolute Gasteiger partial charge is 0.158 e. The number of hydrogen-bond donors (Lipinski definition) is 1. The molecule has 1 aromatic rings. The van der Waals surface area contributed by atoms with Crippen LogP contribution >= 0.6 is 0 Å². The van der Waals surface area contributed by atoms with Crippen LogP contribution in [0.4, 0.5) is 0 Å². The molecular weight excluding hydrogens is 262 g/mol. The zero-order chi connectivity index (χ0) is 14.7. The first-order valence-electron chi connectivity index (χ1n) is 8.54. The van der Waals surface area contributed by atoms with E-state index in [0.717, 1.165) is 31.4 Å². The summed E-state index contributed by atoms with van der Waals surface area (Å²) in [7, 11) is 0. The van der Waals surface area contributed by atoms with E-state index in [-0.39, 0.29) is 5.78 Å². The van der Waals surface area contributed by atoms with Crippen LogP contribution in [-0.2, 0) is 11.2 Å². The van der Waals surface area contributed by atoms with Crippen molar-refractivity contribution in [1.29, 1.82) is 0 Å². The largest absolute Gasteiger partial charge is 0.319 e. The molecule has 2 fully saturated rings. The lowest BCUT2D eigenvalue weighted by Gasteiger charge is -2.31. The van der Waals surface area contributed by atoms with E-state index in [1.807, 2.05) is 12.3 Å². The zero-order valence-electron chi connectivity index (χ0n) is 12.9. The molecule has 0 spiro atoms. The molecule has 1 heterocycles. The quantitative estimate of drug-likeness (QED) is 0.926. The van der Waals surface area contributed by atoms with Crippen LogP contribution in [0.15, 0.2) is 12.3 Å². The van der Waals surface area contributed by atoms with Crippen LogP contribution in [0.1, 0.15) is 75.9 Å². The number of rotatable bonds is 4. The third kappa shape index (κ3) is 3.37. The number of ketones is 1. The molecule has 2 aliphatic rings. The maximum atomic E-state index is 12.5. The molecule has 0 bridgehead atoms. The van der Waals surface area contributed by atoms with Crippen molar-refractivity contribution in [2.45, 2.75) is 82.2 Å². The first kappa shape index (κ1) is 14.8. The van der Waals surface area contributed by atoms with Crippen LogP contribution in [0.2, 0.25) is 0 Å². The third-order valence-corrected chi connectivity index (χ3v) is 5.26. The molecule has 0 amide bonds. The van der Waals surface area contributed by atoms with Gasteiger partial charge in [0.15, 0.2) is 5.78 Å². The van der Waals surface area contributed by atoms with Gasteiger partial charge in [-0.2, -0.15) is 5.10 Å². The summed E-state index contributed by atoms with van der Waals surface area (Å²) in [6.07, 6.45) is 13.9. The lowest BCUT2D eigenvalue weighted by molar-refractivity contribution is -0.124. The van der Waals surface area contributed by atoms with Gasteiger partial charge < -0.3 is 5.73 Å². The molecule has 4 nitrogen and oxygen atoms in total. The van der Waals surface area contributed by atoms with Gasteiger partial charge in [-0.05, 0) is 31.7 Å². The fraction of sp³-hybridized carbons (Fsp3) is 0.765. The van der Waals surface area contributed by atoms with Gasteiger partial charge in [-0.1, -0.05) is 38.5 Å². The van der Waals surface area contributed by atoms with E-state index in [2.05, 4.69) is 9.78 Å². The van der Waals surface area contributed by atoms with Crippen molar-refractivity contribution in [3.05, 3.63) is 18.0 Å². The number of aromatic nitrogens is 2. The minimum atomic E-state index is -0.590. The summed E-state index contributed by atoms with van der Waals surface area (Å²) >= 11 is 0. The van der Waals surface area contributed by atoms with Crippen molar-refractivity contribution in [3.8, 4) is 0 Å². The minimum Gasteiger partial charge on any atom is -0.319 e. The van der Waals surface area contributed by atoms with E-state index in [9.17, 15) is 4.79 Å². The minimum absolute atomic E-state index is 0.177. The Balaban J connectivity index is 1.62. The van der Waals surface area contributed by atoms with Gasteiger partial charge in [-0.3, -0.25) is 9.48 Å². The second kappa shape index (κ2) is 6.30. The molecule has 3 rings (SSSR count). The molecule has 4 heteroatoms. The molecular formula is C17H27N3O. The summed E-state index contributed by atoms with van der Waals surface area (Å²) in [6, 6.07) is 2.53. The highest BCUT2D eigenvalue weighted by atomic mass is 16.1. The maximum absolute atomic E-state index is 12.5. The second-order valence-corrected chi connectivity index (χ2v) is 6.90. The first-order valence-corrected chi connectivity index (χ1v) is 8.54. The predicted octanol–water partition coefficient (Wildman–Crippen LogP) is 3.16. The van der Waals surface area contributed by atoms with Crippen LogP contribution in [0.5, 0.6) is 0 Å². The highest BCUT2D eigenvalue weighted by Crippen LogP contribution is 2.29. The van der Waals surface area contributed by atoms with Gasteiger partial charge in [-0.25, -0.2) is 0 Å². The van der Waals surface area contributed by atoms with Gasteiger partial charge in [-0.15, -0.1) is 0 Å². The molecule has 0 unspecified atom stereocenters. The summed E-state index contributed by atoms with van der Waals surface area (Å²) in [4.78, 5) is 12.5.